The second-order valence-electron chi connectivity index (χ2n) is 8.36. The molecule has 2 aromatic rings. The third kappa shape index (κ3) is 4.49. The lowest BCUT2D eigenvalue weighted by atomic mass is 10.1. The Morgan fingerprint density at radius 1 is 1.00 bits per heavy atom. The van der Waals surface area contributed by atoms with Crippen LogP contribution in [0.25, 0.3) is 0 Å². The van der Waals surface area contributed by atoms with Gasteiger partial charge in [0.2, 0.25) is 15.9 Å². The molecule has 172 valence electrons. The summed E-state index contributed by atoms with van der Waals surface area (Å²) in [6.07, 6.45) is -0.237. The molecule has 0 radical (unpaired) electrons. The molecule has 8 nitrogen and oxygen atoms in total. The molecule has 9 heteroatoms. The minimum atomic E-state index is -4.09. The summed E-state index contributed by atoms with van der Waals surface area (Å²) in [4.78, 5) is 27.2. The number of anilines is 1. The van der Waals surface area contributed by atoms with Crippen LogP contribution in [0, 0.1) is 0 Å². The third-order valence-electron chi connectivity index (χ3n) is 5.09. The van der Waals surface area contributed by atoms with E-state index in [4.69, 9.17) is 9.47 Å². The Morgan fingerprint density at radius 2 is 1.56 bits per heavy atom. The number of amides is 2. The maximum absolute atomic E-state index is 13.6. The van der Waals surface area contributed by atoms with E-state index < -0.39 is 33.4 Å². The second-order valence-corrected chi connectivity index (χ2v) is 10.2. The van der Waals surface area contributed by atoms with Gasteiger partial charge in [-0.15, -0.1) is 0 Å². The molecule has 0 aliphatic carbocycles. The first-order chi connectivity index (χ1) is 15.0. The van der Waals surface area contributed by atoms with Gasteiger partial charge in [-0.2, -0.15) is 4.31 Å². The van der Waals surface area contributed by atoms with Gasteiger partial charge in [0.15, 0.2) is 0 Å². The SMILES string of the molecule is CCOc1ccc(N2C(=O)CC(N(C(C)(C)C)S(=O)(=O)c3ccc(OC)cc3)C2=O)cc1. The van der Waals surface area contributed by atoms with Crippen molar-refractivity contribution < 1.29 is 27.5 Å². The van der Waals surface area contributed by atoms with Gasteiger partial charge in [0.25, 0.3) is 5.91 Å². The molecule has 2 aromatic carbocycles. The third-order valence-corrected chi connectivity index (χ3v) is 7.28. The molecule has 32 heavy (non-hydrogen) atoms. The van der Waals surface area contributed by atoms with E-state index in [1.54, 1.807) is 57.2 Å². The van der Waals surface area contributed by atoms with Crippen LogP contribution in [0.1, 0.15) is 34.1 Å². The molecule has 1 saturated heterocycles. The molecular formula is C23H28N2O6S. The van der Waals surface area contributed by atoms with Gasteiger partial charge in [0.05, 0.1) is 30.7 Å². The standard InChI is InChI=1S/C23H28N2O6S/c1-6-31-18-9-7-16(8-10-18)24-21(26)15-20(22(24)27)25(23(2,3)4)32(28,29)19-13-11-17(30-5)12-14-19/h7-14,20H,6,15H2,1-5H3. The van der Waals surface area contributed by atoms with Crippen molar-refractivity contribution in [1.82, 2.24) is 4.31 Å². The lowest BCUT2D eigenvalue weighted by molar-refractivity contribution is -0.122. The first kappa shape index (κ1) is 23.7. The van der Waals surface area contributed by atoms with Crippen molar-refractivity contribution in [3.05, 3.63) is 48.5 Å². The fourth-order valence-electron chi connectivity index (χ4n) is 3.79. The summed E-state index contributed by atoms with van der Waals surface area (Å²) in [5, 5.41) is 0. The normalized spacial score (nSPS) is 17.2. The topological polar surface area (TPSA) is 93.2 Å². The number of methoxy groups -OCH3 is 1. The molecule has 1 fully saturated rings. The van der Waals surface area contributed by atoms with E-state index in [1.807, 2.05) is 6.92 Å². The highest BCUT2D eigenvalue weighted by molar-refractivity contribution is 7.89. The van der Waals surface area contributed by atoms with Crippen molar-refractivity contribution in [2.24, 2.45) is 0 Å². The van der Waals surface area contributed by atoms with Gasteiger partial charge in [-0.05, 0) is 76.2 Å². The number of ether oxygens (including phenoxy) is 2. The van der Waals surface area contributed by atoms with Gasteiger partial charge < -0.3 is 9.47 Å². The van der Waals surface area contributed by atoms with E-state index >= 15 is 0 Å². The van der Waals surface area contributed by atoms with Crippen molar-refractivity contribution in [3.63, 3.8) is 0 Å². The number of hydrogen-bond donors (Lipinski definition) is 0. The molecule has 0 aromatic heterocycles. The van der Waals surface area contributed by atoms with Gasteiger partial charge >= 0.3 is 0 Å². The zero-order chi connectivity index (χ0) is 23.7. The summed E-state index contributed by atoms with van der Waals surface area (Å²) >= 11 is 0. The number of carbonyl (C=O) groups excluding carboxylic acids is 2. The summed E-state index contributed by atoms with van der Waals surface area (Å²) in [5.74, 6) is 0.0971. The molecule has 0 saturated carbocycles. The molecule has 1 aliphatic rings. The summed E-state index contributed by atoms with van der Waals surface area (Å²) < 4.78 is 38.8. The molecule has 1 aliphatic heterocycles. The van der Waals surface area contributed by atoms with Gasteiger partial charge in [-0.3, -0.25) is 9.59 Å². The van der Waals surface area contributed by atoms with E-state index in [0.29, 0.717) is 23.8 Å². The second kappa shape index (κ2) is 8.91. The fraction of sp³-hybridized carbons (Fsp3) is 0.391. The number of sulfonamides is 1. The van der Waals surface area contributed by atoms with E-state index in [2.05, 4.69) is 0 Å². The number of hydrogen-bond acceptors (Lipinski definition) is 6. The summed E-state index contributed by atoms with van der Waals surface area (Å²) in [7, 11) is -2.60. The zero-order valence-corrected chi connectivity index (χ0v) is 19.7. The highest BCUT2D eigenvalue weighted by atomic mass is 32.2. The number of carbonyl (C=O) groups is 2. The maximum atomic E-state index is 13.6. The Hall–Kier alpha value is -2.91. The van der Waals surface area contributed by atoms with Gasteiger partial charge in [0.1, 0.15) is 17.5 Å². The average molecular weight is 461 g/mol. The van der Waals surface area contributed by atoms with Crippen LogP contribution in [0.15, 0.2) is 53.4 Å². The van der Waals surface area contributed by atoms with Gasteiger partial charge in [0, 0.05) is 5.54 Å². The number of nitrogens with zero attached hydrogens (tertiary/aromatic N) is 2. The van der Waals surface area contributed by atoms with E-state index in [1.165, 1.54) is 19.2 Å². The largest absolute Gasteiger partial charge is 0.497 e. The van der Waals surface area contributed by atoms with Crippen LogP contribution in [0.4, 0.5) is 5.69 Å². The van der Waals surface area contributed by atoms with Crippen LogP contribution < -0.4 is 14.4 Å². The number of imide groups is 1. The lowest BCUT2D eigenvalue weighted by Crippen LogP contribution is -2.54. The summed E-state index contributed by atoms with van der Waals surface area (Å²) in [6, 6.07) is 11.4. The molecule has 0 bridgehead atoms. The first-order valence-corrected chi connectivity index (χ1v) is 11.7. The Balaban J connectivity index is 1.98. The van der Waals surface area contributed by atoms with Crippen molar-refractivity contribution in [2.75, 3.05) is 18.6 Å². The van der Waals surface area contributed by atoms with E-state index in [-0.39, 0.29) is 11.3 Å². The van der Waals surface area contributed by atoms with Gasteiger partial charge in [-0.1, -0.05) is 0 Å². The highest BCUT2D eigenvalue weighted by Crippen LogP contribution is 2.35. The molecule has 3 rings (SSSR count). The molecule has 1 unspecified atom stereocenters. The van der Waals surface area contributed by atoms with Crippen LogP contribution in [0.5, 0.6) is 11.5 Å². The smallest absolute Gasteiger partial charge is 0.252 e. The monoisotopic (exact) mass is 460 g/mol. The lowest BCUT2D eigenvalue weighted by Gasteiger charge is -2.37. The Bertz CT molecular complexity index is 1090. The predicted octanol–water partition coefficient (Wildman–Crippen LogP) is 3.22. The van der Waals surface area contributed by atoms with Crippen molar-refractivity contribution >= 4 is 27.5 Å². The summed E-state index contributed by atoms with van der Waals surface area (Å²) in [6.45, 7) is 7.45. The van der Waals surface area contributed by atoms with Crippen LogP contribution in [-0.2, 0) is 19.6 Å². The minimum absolute atomic E-state index is 0.0213. The zero-order valence-electron chi connectivity index (χ0n) is 18.9. The van der Waals surface area contributed by atoms with Crippen molar-refractivity contribution in [3.8, 4) is 11.5 Å². The first-order valence-electron chi connectivity index (χ1n) is 10.3. The Labute approximate surface area is 188 Å². The minimum Gasteiger partial charge on any atom is -0.497 e. The Kier molecular flexibility index (Phi) is 6.61. The average Bonchev–Trinajstić information content (AvgIpc) is 3.01. The molecule has 1 atom stereocenters. The highest BCUT2D eigenvalue weighted by Gasteiger charge is 2.50. The molecule has 0 N–H and O–H groups in total. The summed E-state index contributed by atoms with van der Waals surface area (Å²) in [5.41, 5.74) is -0.574. The van der Waals surface area contributed by atoms with E-state index in [9.17, 15) is 18.0 Å². The van der Waals surface area contributed by atoms with Crippen LogP contribution >= 0.6 is 0 Å². The van der Waals surface area contributed by atoms with E-state index in [0.717, 1.165) is 9.21 Å². The van der Waals surface area contributed by atoms with Crippen LogP contribution in [0.3, 0.4) is 0 Å². The molecule has 0 spiro atoms. The fourth-order valence-corrected chi connectivity index (χ4v) is 5.71. The van der Waals surface area contributed by atoms with Gasteiger partial charge in [-0.25, -0.2) is 13.3 Å². The van der Waals surface area contributed by atoms with Crippen LogP contribution in [0.2, 0.25) is 0 Å². The number of benzene rings is 2. The van der Waals surface area contributed by atoms with Crippen LogP contribution in [-0.4, -0.2) is 49.8 Å². The van der Waals surface area contributed by atoms with Crippen molar-refractivity contribution in [2.45, 2.75) is 50.6 Å². The number of rotatable bonds is 7. The molecule has 1 heterocycles. The Morgan fingerprint density at radius 3 is 2.06 bits per heavy atom. The molecule has 2 amide bonds. The maximum Gasteiger partial charge on any atom is 0.252 e. The quantitative estimate of drug-likeness (QED) is 0.589. The molecular weight excluding hydrogens is 432 g/mol. The van der Waals surface area contributed by atoms with Crippen molar-refractivity contribution in [1.29, 1.82) is 0 Å². The predicted molar refractivity (Wildman–Crippen MR) is 120 cm³/mol.